The van der Waals surface area contributed by atoms with Crippen LogP contribution in [0.4, 0.5) is 19.0 Å². The molecule has 0 aliphatic carbocycles. The largest absolute Gasteiger partial charge is 0.507 e. The molecule has 1 aliphatic heterocycles. The number of phenolic OH excluding ortho intramolecular Hbond substituents is 1. The van der Waals surface area contributed by atoms with Crippen molar-refractivity contribution in [2.45, 2.75) is 38.5 Å². The van der Waals surface area contributed by atoms with Crippen LogP contribution in [0, 0.1) is 6.92 Å². The highest BCUT2D eigenvalue weighted by Crippen LogP contribution is 2.37. The highest BCUT2D eigenvalue weighted by atomic mass is 19.4. The smallest absolute Gasteiger partial charge is 0.416 e. The third kappa shape index (κ3) is 6.28. The molecule has 31 heavy (non-hydrogen) atoms. The van der Waals surface area contributed by atoms with Gasteiger partial charge in [0.1, 0.15) is 11.4 Å². The fraction of sp³-hybridized carbons (Fsp3) is 0.450. The Balaban J connectivity index is 0.000000785. The molecule has 11 heteroatoms. The molecule has 0 amide bonds. The van der Waals surface area contributed by atoms with E-state index in [1.165, 1.54) is 13.2 Å². The van der Waals surface area contributed by atoms with Crippen molar-refractivity contribution >= 4 is 12.3 Å². The predicted molar refractivity (Wildman–Crippen MR) is 109 cm³/mol. The zero-order valence-electron chi connectivity index (χ0n) is 17.3. The molecule has 1 atom stereocenters. The topological polar surface area (TPSA) is 122 Å². The average molecular weight is 441 g/mol. The summed E-state index contributed by atoms with van der Waals surface area (Å²) in [6.45, 7) is 4.14. The molecule has 0 bridgehead atoms. The van der Waals surface area contributed by atoms with Gasteiger partial charge in [-0.3, -0.25) is 4.79 Å². The van der Waals surface area contributed by atoms with Gasteiger partial charge in [-0.2, -0.15) is 13.2 Å². The second-order valence-corrected chi connectivity index (χ2v) is 6.95. The van der Waals surface area contributed by atoms with Crippen molar-refractivity contribution in [3.63, 3.8) is 0 Å². The summed E-state index contributed by atoms with van der Waals surface area (Å²) in [5.41, 5.74) is 6.87. The first-order valence-corrected chi connectivity index (χ1v) is 9.63. The van der Waals surface area contributed by atoms with E-state index in [-0.39, 0.29) is 18.2 Å². The Labute approximate surface area is 178 Å². The van der Waals surface area contributed by atoms with Crippen LogP contribution in [0.5, 0.6) is 5.75 Å². The number of anilines is 1. The molecule has 1 aromatic heterocycles. The second kappa shape index (κ2) is 10.9. The van der Waals surface area contributed by atoms with Crippen molar-refractivity contribution < 1.29 is 27.8 Å². The van der Waals surface area contributed by atoms with E-state index in [4.69, 9.17) is 10.5 Å². The van der Waals surface area contributed by atoms with Crippen LogP contribution in [-0.2, 0) is 22.3 Å². The lowest BCUT2D eigenvalue weighted by Crippen LogP contribution is -2.39. The fourth-order valence-corrected chi connectivity index (χ4v) is 3.25. The van der Waals surface area contributed by atoms with Gasteiger partial charge in [0.05, 0.1) is 12.7 Å². The highest BCUT2D eigenvalue weighted by Gasteiger charge is 2.31. The van der Waals surface area contributed by atoms with E-state index < -0.39 is 17.5 Å². The number of halogens is 3. The summed E-state index contributed by atoms with van der Waals surface area (Å²) in [5, 5.41) is 25.1. The van der Waals surface area contributed by atoms with Crippen LogP contribution in [0.2, 0.25) is 0 Å². The van der Waals surface area contributed by atoms with Gasteiger partial charge in [0.2, 0.25) is 0 Å². The maximum atomic E-state index is 12.8. The summed E-state index contributed by atoms with van der Waals surface area (Å²) in [5.74, 6) is 0.0706. The number of methoxy groups -OCH3 is 1. The van der Waals surface area contributed by atoms with Gasteiger partial charge in [-0.05, 0) is 50.1 Å². The molecule has 3 rings (SSSR count). The van der Waals surface area contributed by atoms with Crippen molar-refractivity contribution in [2.75, 3.05) is 25.5 Å². The zero-order valence-corrected chi connectivity index (χ0v) is 17.3. The van der Waals surface area contributed by atoms with Crippen molar-refractivity contribution in [2.24, 2.45) is 5.73 Å². The number of aromatic nitrogens is 2. The van der Waals surface area contributed by atoms with Crippen LogP contribution in [0.1, 0.15) is 29.5 Å². The molecule has 0 spiro atoms. The van der Waals surface area contributed by atoms with Gasteiger partial charge in [0, 0.05) is 30.3 Å². The van der Waals surface area contributed by atoms with Crippen LogP contribution in [0.25, 0.3) is 11.3 Å². The van der Waals surface area contributed by atoms with Gasteiger partial charge in [-0.1, -0.05) is 0 Å². The van der Waals surface area contributed by atoms with Gasteiger partial charge in [-0.25, -0.2) is 0 Å². The first kappa shape index (κ1) is 24.4. The number of nitrogens with one attached hydrogen (secondary N) is 2. The maximum Gasteiger partial charge on any atom is 0.416 e. The van der Waals surface area contributed by atoms with Crippen LogP contribution in [-0.4, -0.2) is 48.0 Å². The molecule has 1 fully saturated rings. The first-order valence-electron chi connectivity index (χ1n) is 9.63. The fourth-order valence-electron chi connectivity index (χ4n) is 3.25. The number of alkyl halides is 3. The first-order chi connectivity index (χ1) is 14.7. The molecule has 1 aromatic carbocycles. The molecule has 2 heterocycles. The highest BCUT2D eigenvalue weighted by molar-refractivity contribution is 5.72. The van der Waals surface area contributed by atoms with Crippen molar-refractivity contribution in [3.05, 3.63) is 34.9 Å². The average Bonchev–Trinajstić information content (AvgIpc) is 2.75. The number of nitrogens with zero attached hydrogens (tertiary/aromatic N) is 2. The molecular formula is C20H26F3N5O3. The summed E-state index contributed by atoms with van der Waals surface area (Å²) in [6.07, 6.45) is -2.47. The van der Waals surface area contributed by atoms with Crippen molar-refractivity contribution in [3.8, 4) is 17.0 Å². The van der Waals surface area contributed by atoms with E-state index in [1.54, 1.807) is 6.92 Å². The van der Waals surface area contributed by atoms with E-state index in [0.29, 0.717) is 29.6 Å². The van der Waals surface area contributed by atoms with E-state index in [0.717, 1.165) is 37.6 Å². The number of aromatic hydroxyl groups is 1. The number of benzene rings is 1. The monoisotopic (exact) mass is 441 g/mol. The number of carbonyl (C=O) groups is 1. The Morgan fingerprint density at radius 2 is 2.10 bits per heavy atom. The maximum absolute atomic E-state index is 12.8. The van der Waals surface area contributed by atoms with Gasteiger partial charge in [-0.15, -0.1) is 10.2 Å². The Kier molecular flexibility index (Phi) is 8.57. The van der Waals surface area contributed by atoms with E-state index in [2.05, 4.69) is 25.6 Å². The number of ether oxygens (including phenoxy) is 1. The van der Waals surface area contributed by atoms with E-state index in [9.17, 15) is 18.3 Å². The summed E-state index contributed by atoms with van der Waals surface area (Å²) < 4.78 is 42.3. The quantitative estimate of drug-likeness (QED) is 0.523. The Hall–Kier alpha value is -2.92. The standard InChI is InChI=1S/C18H22F3N5O.C2H4O2/c1-10-14(8-22)17(24-12-3-2-6-23-9-12)26-25-16(10)13-5-4-11(7-15(13)27)18(19,20)21;1-4-2-3/h4-5,7,12,23,27H,2-3,6,8-9,22H2,1H3,(H,24,26);2H,1H3. The number of hydrogen-bond acceptors (Lipinski definition) is 8. The van der Waals surface area contributed by atoms with Crippen LogP contribution >= 0.6 is 0 Å². The Bertz CT molecular complexity index is 887. The lowest BCUT2D eigenvalue weighted by molar-refractivity contribution is -0.137. The zero-order chi connectivity index (χ0) is 23.0. The molecule has 0 saturated carbocycles. The summed E-state index contributed by atoms with van der Waals surface area (Å²) >= 11 is 0. The van der Waals surface area contributed by atoms with Gasteiger partial charge < -0.3 is 26.2 Å². The van der Waals surface area contributed by atoms with E-state index >= 15 is 0 Å². The van der Waals surface area contributed by atoms with Crippen molar-refractivity contribution in [1.29, 1.82) is 0 Å². The Morgan fingerprint density at radius 3 is 2.61 bits per heavy atom. The van der Waals surface area contributed by atoms with Crippen molar-refractivity contribution in [1.82, 2.24) is 15.5 Å². The predicted octanol–water partition coefficient (Wildman–Crippen LogP) is 2.59. The van der Waals surface area contributed by atoms with E-state index in [1.807, 2.05) is 0 Å². The molecule has 1 unspecified atom stereocenters. The van der Waals surface area contributed by atoms with Gasteiger partial charge in [0.15, 0.2) is 5.82 Å². The normalized spacial score (nSPS) is 16.1. The number of carbonyl (C=O) groups excluding carboxylic acids is 1. The number of nitrogens with two attached hydrogens (primary N) is 1. The minimum absolute atomic E-state index is 0.189. The van der Waals surface area contributed by atoms with Gasteiger partial charge >= 0.3 is 6.18 Å². The summed E-state index contributed by atoms with van der Waals surface area (Å²) in [4.78, 5) is 8.95. The molecular weight excluding hydrogens is 415 g/mol. The Morgan fingerprint density at radius 1 is 1.39 bits per heavy atom. The molecule has 170 valence electrons. The van der Waals surface area contributed by atoms with Crippen LogP contribution in [0.3, 0.4) is 0 Å². The number of hydrogen-bond donors (Lipinski definition) is 4. The molecule has 1 aliphatic rings. The molecule has 0 radical (unpaired) electrons. The molecule has 2 aromatic rings. The SMILES string of the molecule is COC=O.Cc1c(-c2ccc(C(F)(F)F)cc2O)nnc(NC2CCCNC2)c1CN. The minimum Gasteiger partial charge on any atom is -0.507 e. The lowest BCUT2D eigenvalue weighted by atomic mass is 10.00. The number of piperidine rings is 1. The summed E-state index contributed by atoms with van der Waals surface area (Å²) in [7, 11) is 1.31. The second-order valence-electron chi connectivity index (χ2n) is 6.95. The van der Waals surface area contributed by atoms with Gasteiger partial charge in [0.25, 0.3) is 6.47 Å². The third-order valence-corrected chi connectivity index (χ3v) is 4.86. The number of rotatable bonds is 5. The summed E-state index contributed by atoms with van der Waals surface area (Å²) in [6, 6.07) is 3.02. The van der Waals surface area contributed by atoms with Crippen LogP contribution in [0.15, 0.2) is 18.2 Å². The lowest BCUT2D eigenvalue weighted by Gasteiger charge is -2.25. The third-order valence-electron chi connectivity index (χ3n) is 4.86. The molecule has 5 N–H and O–H groups in total. The molecule has 8 nitrogen and oxygen atoms in total. The molecule has 1 saturated heterocycles. The minimum atomic E-state index is -4.53. The number of phenols is 1. The van der Waals surface area contributed by atoms with Crippen LogP contribution < -0.4 is 16.4 Å².